The minimum Gasteiger partial charge on any atom is -0.385 e. The number of carbonyl (C=O) groups is 1. The van der Waals surface area contributed by atoms with Gasteiger partial charge in [-0.1, -0.05) is 53.0 Å². The van der Waals surface area contributed by atoms with Crippen molar-refractivity contribution in [3.8, 4) is 0 Å². The van der Waals surface area contributed by atoms with Crippen LogP contribution in [0.25, 0.3) is 0 Å². The third kappa shape index (κ3) is 8.57. The lowest BCUT2D eigenvalue weighted by Crippen LogP contribution is -2.43. The second kappa shape index (κ2) is 13.2. The van der Waals surface area contributed by atoms with E-state index in [9.17, 15) is 36.2 Å². The van der Waals surface area contributed by atoms with Gasteiger partial charge in [0, 0.05) is 24.7 Å². The minimum atomic E-state index is -5.00. The van der Waals surface area contributed by atoms with Gasteiger partial charge in [-0.2, -0.15) is 26.3 Å². The lowest BCUT2D eigenvalue weighted by molar-refractivity contribution is -0.143. The maximum atomic E-state index is 13.4. The van der Waals surface area contributed by atoms with Crippen LogP contribution in [0.15, 0.2) is 60.7 Å². The normalized spacial score (nSPS) is 16.6. The number of benzene rings is 3. The second-order valence-electron chi connectivity index (χ2n) is 10.5. The molecule has 1 atom stereocenters. The number of aliphatic hydroxyl groups is 1. The van der Waals surface area contributed by atoms with Crippen LogP contribution in [-0.2, 0) is 29.3 Å². The number of likely N-dealkylation sites (tertiary alicyclic amines) is 1. The van der Waals surface area contributed by atoms with E-state index >= 15 is 0 Å². The quantitative estimate of drug-likeness (QED) is 0.237. The SMILES string of the molecule is O=C(NCc1cc(C(F)(F)F)cc(C(F)(F)F)c1)C(CCN1CCC(O)(c2ccc(Cl)cc2)CC1)c1ccc(Cl)c(Cl)c1. The molecule has 43 heavy (non-hydrogen) atoms. The van der Waals surface area contributed by atoms with Crippen LogP contribution in [0.1, 0.15) is 53.0 Å². The van der Waals surface area contributed by atoms with Crippen LogP contribution in [0.4, 0.5) is 26.3 Å². The lowest BCUT2D eigenvalue weighted by atomic mass is 9.84. The number of rotatable bonds is 8. The molecule has 1 aliphatic heterocycles. The summed E-state index contributed by atoms with van der Waals surface area (Å²) in [4.78, 5) is 15.4. The van der Waals surface area contributed by atoms with Crippen LogP contribution in [0, 0.1) is 0 Å². The Labute approximate surface area is 259 Å². The van der Waals surface area contributed by atoms with E-state index in [1.54, 1.807) is 30.3 Å². The largest absolute Gasteiger partial charge is 0.416 e. The summed E-state index contributed by atoms with van der Waals surface area (Å²) in [6, 6.07) is 12.8. The van der Waals surface area contributed by atoms with Crippen molar-refractivity contribution in [1.82, 2.24) is 10.2 Å². The maximum absolute atomic E-state index is 13.4. The first kappa shape index (κ1) is 33.4. The van der Waals surface area contributed by atoms with Crippen molar-refractivity contribution >= 4 is 40.7 Å². The Morgan fingerprint density at radius 3 is 1.98 bits per heavy atom. The van der Waals surface area contributed by atoms with Crippen molar-refractivity contribution in [2.75, 3.05) is 19.6 Å². The fourth-order valence-corrected chi connectivity index (χ4v) is 5.55. The molecule has 4 nitrogen and oxygen atoms in total. The Balaban J connectivity index is 1.47. The summed E-state index contributed by atoms with van der Waals surface area (Å²) in [5, 5.41) is 14.7. The molecular formula is C30H27Cl3F6N2O2. The van der Waals surface area contributed by atoms with Gasteiger partial charge in [0.15, 0.2) is 0 Å². The number of nitrogens with zero attached hydrogens (tertiary/aromatic N) is 1. The number of hydrogen-bond acceptors (Lipinski definition) is 3. The molecule has 0 spiro atoms. The Kier molecular flexibility index (Phi) is 10.3. The number of carbonyl (C=O) groups excluding carboxylic acids is 1. The molecule has 1 amide bonds. The summed E-state index contributed by atoms with van der Waals surface area (Å²) >= 11 is 18.2. The van der Waals surface area contributed by atoms with Crippen molar-refractivity contribution in [1.29, 1.82) is 0 Å². The van der Waals surface area contributed by atoms with E-state index < -0.39 is 47.5 Å². The number of amides is 1. The monoisotopic (exact) mass is 666 g/mol. The molecule has 0 saturated carbocycles. The molecule has 4 rings (SSSR count). The van der Waals surface area contributed by atoms with E-state index in [-0.39, 0.29) is 28.1 Å². The first-order valence-electron chi connectivity index (χ1n) is 13.3. The molecule has 3 aromatic carbocycles. The van der Waals surface area contributed by atoms with Gasteiger partial charge in [0.25, 0.3) is 0 Å². The number of nitrogens with one attached hydrogen (secondary N) is 1. The molecule has 3 aromatic rings. The van der Waals surface area contributed by atoms with Crippen molar-refractivity contribution in [3.63, 3.8) is 0 Å². The minimum absolute atomic E-state index is 0.0382. The van der Waals surface area contributed by atoms with Crippen LogP contribution in [-0.4, -0.2) is 35.5 Å². The van der Waals surface area contributed by atoms with Gasteiger partial charge in [0.2, 0.25) is 5.91 Å². The topological polar surface area (TPSA) is 52.6 Å². The van der Waals surface area contributed by atoms with Gasteiger partial charge in [-0.3, -0.25) is 4.79 Å². The number of hydrogen-bond donors (Lipinski definition) is 2. The smallest absolute Gasteiger partial charge is 0.385 e. The van der Waals surface area contributed by atoms with Crippen molar-refractivity contribution in [2.45, 2.75) is 49.7 Å². The number of halogens is 9. The summed E-state index contributed by atoms with van der Waals surface area (Å²) in [5.74, 6) is -1.43. The van der Waals surface area contributed by atoms with E-state index in [0.29, 0.717) is 55.2 Å². The maximum Gasteiger partial charge on any atom is 0.416 e. The molecule has 0 radical (unpaired) electrons. The van der Waals surface area contributed by atoms with Crippen LogP contribution in [0.3, 0.4) is 0 Å². The molecule has 0 bridgehead atoms. The molecule has 1 aliphatic rings. The highest BCUT2D eigenvalue weighted by Crippen LogP contribution is 2.37. The predicted octanol–water partition coefficient (Wildman–Crippen LogP) is 8.46. The highest BCUT2D eigenvalue weighted by Gasteiger charge is 2.37. The summed E-state index contributed by atoms with van der Waals surface area (Å²) in [6.07, 6.45) is -8.86. The van der Waals surface area contributed by atoms with Crippen LogP contribution >= 0.6 is 34.8 Å². The molecule has 2 N–H and O–H groups in total. The zero-order chi connectivity index (χ0) is 31.6. The highest BCUT2D eigenvalue weighted by atomic mass is 35.5. The molecule has 1 fully saturated rings. The molecule has 232 valence electrons. The van der Waals surface area contributed by atoms with Gasteiger partial charge >= 0.3 is 12.4 Å². The first-order chi connectivity index (χ1) is 20.0. The Hall–Kier alpha value is -2.50. The highest BCUT2D eigenvalue weighted by molar-refractivity contribution is 6.42. The van der Waals surface area contributed by atoms with Gasteiger partial charge < -0.3 is 15.3 Å². The van der Waals surface area contributed by atoms with E-state index in [2.05, 4.69) is 10.2 Å². The van der Waals surface area contributed by atoms with Crippen LogP contribution in [0.2, 0.25) is 15.1 Å². The fourth-order valence-electron chi connectivity index (χ4n) is 5.12. The molecule has 1 saturated heterocycles. The number of alkyl halides is 6. The molecular weight excluding hydrogens is 641 g/mol. The van der Waals surface area contributed by atoms with E-state index in [1.165, 1.54) is 12.1 Å². The average molecular weight is 668 g/mol. The lowest BCUT2D eigenvalue weighted by Gasteiger charge is -2.39. The Bertz CT molecular complexity index is 1410. The summed E-state index contributed by atoms with van der Waals surface area (Å²) in [5.41, 5.74) is -3.05. The number of piperidine rings is 1. The molecule has 0 aliphatic carbocycles. The molecule has 1 unspecified atom stereocenters. The molecule has 13 heteroatoms. The summed E-state index contributed by atoms with van der Waals surface area (Å²) in [6.45, 7) is 0.927. The standard InChI is InChI=1S/C30H27Cl3F6N2O2/c31-23-4-2-20(3-5-23)28(43)8-11-41(12-9-28)10-7-24(19-1-6-25(32)26(33)15-19)27(42)40-17-18-13-21(29(34,35)36)16-22(14-18)30(37,38)39/h1-6,13-16,24,43H,7-12,17H2,(H,40,42). The summed E-state index contributed by atoms with van der Waals surface area (Å²) in [7, 11) is 0. The van der Waals surface area contributed by atoms with Gasteiger partial charge in [0.05, 0.1) is 32.7 Å². The van der Waals surface area contributed by atoms with Crippen molar-refractivity contribution < 1.29 is 36.2 Å². The molecule has 0 aromatic heterocycles. The van der Waals surface area contributed by atoms with E-state index in [0.717, 1.165) is 5.56 Å². The zero-order valence-electron chi connectivity index (χ0n) is 22.5. The zero-order valence-corrected chi connectivity index (χ0v) is 24.8. The average Bonchev–Trinajstić information content (AvgIpc) is 2.94. The molecule has 1 heterocycles. The van der Waals surface area contributed by atoms with Crippen LogP contribution in [0.5, 0.6) is 0 Å². The van der Waals surface area contributed by atoms with Gasteiger partial charge in [-0.05, 0) is 85.0 Å². The van der Waals surface area contributed by atoms with E-state index in [1.807, 2.05) is 0 Å². The van der Waals surface area contributed by atoms with Gasteiger partial charge in [-0.15, -0.1) is 0 Å². The van der Waals surface area contributed by atoms with E-state index in [4.69, 9.17) is 34.8 Å². The third-order valence-electron chi connectivity index (χ3n) is 7.58. The third-order valence-corrected chi connectivity index (χ3v) is 8.57. The first-order valence-corrected chi connectivity index (χ1v) is 14.4. The second-order valence-corrected chi connectivity index (χ2v) is 11.8. The van der Waals surface area contributed by atoms with Gasteiger partial charge in [-0.25, -0.2) is 0 Å². The van der Waals surface area contributed by atoms with Crippen molar-refractivity contribution in [3.05, 3.63) is 104 Å². The summed E-state index contributed by atoms with van der Waals surface area (Å²) < 4.78 is 79.7. The Morgan fingerprint density at radius 2 is 1.44 bits per heavy atom. The van der Waals surface area contributed by atoms with Crippen LogP contribution < -0.4 is 5.32 Å². The fraction of sp³-hybridized carbons (Fsp3) is 0.367. The van der Waals surface area contributed by atoms with Crippen molar-refractivity contribution in [2.24, 2.45) is 0 Å². The predicted molar refractivity (Wildman–Crippen MR) is 153 cm³/mol. The Morgan fingerprint density at radius 1 is 0.860 bits per heavy atom. The van der Waals surface area contributed by atoms with Gasteiger partial charge in [0.1, 0.15) is 0 Å².